The van der Waals surface area contributed by atoms with Gasteiger partial charge in [0.2, 0.25) is 11.8 Å². The van der Waals surface area contributed by atoms with E-state index < -0.39 is 0 Å². The molecule has 19 heavy (non-hydrogen) atoms. The number of hydrogen-bond acceptors (Lipinski definition) is 3. The maximum Gasteiger partial charge on any atom is 0.242 e. The molecule has 1 heterocycles. The van der Waals surface area contributed by atoms with E-state index >= 15 is 0 Å². The molecule has 0 bridgehead atoms. The molecule has 2 amide bonds. The number of amides is 2. The first-order chi connectivity index (χ1) is 8.33. The minimum atomic E-state index is -0.0701. The summed E-state index contributed by atoms with van der Waals surface area (Å²) in [7, 11) is 0. The van der Waals surface area contributed by atoms with E-state index in [1.165, 1.54) is 0 Å². The number of halogens is 1. The van der Waals surface area contributed by atoms with E-state index in [1.54, 1.807) is 4.90 Å². The van der Waals surface area contributed by atoms with Gasteiger partial charge in [0.05, 0.1) is 6.54 Å². The van der Waals surface area contributed by atoms with E-state index in [9.17, 15) is 9.59 Å². The highest BCUT2D eigenvalue weighted by atomic mass is 35.5. The summed E-state index contributed by atoms with van der Waals surface area (Å²) in [6.07, 6.45) is 2.41. The van der Waals surface area contributed by atoms with Gasteiger partial charge in [0, 0.05) is 25.6 Å². The first kappa shape index (κ1) is 18.2. The quantitative estimate of drug-likeness (QED) is 0.808. The number of hydrogen-bond donors (Lipinski definition) is 2. The lowest BCUT2D eigenvalue weighted by atomic mass is 9.92. The van der Waals surface area contributed by atoms with Gasteiger partial charge in [-0.3, -0.25) is 9.59 Å². The van der Waals surface area contributed by atoms with E-state index in [0.717, 1.165) is 19.4 Å². The lowest BCUT2D eigenvalue weighted by Gasteiger charge is -2.24. The Kier molecular flexibility index (Phi) is 7.37. The monoisotopic (exact) mass is 291 g/mol. The third-order valence-electron chi connectivity index (χ3n) is 3.10. The molecule has 6 heteroatoms. The average Bonchev–Trinajstić information content (AvgIpc) is 2.71. The summed E-state index contributed by atoms with van der Waals surface area (Å²) in [6.45, 7) is 7.35. The minimum absolute atomic E-state index is 0. The number of carbonyl (C=O) groups excluding carboxylic acids is 2. The van der Waals surface area contributed by atoms with Gasteiger partial charge in [0.25, 0.3) is 0 Å². The van der Waals surface area contributed by atoms with Crippen molar-refractivity contribution in [1.29, 1.82) is 0 Å². The van der Waals surface area contributed by atoms with Gasteiger partial charge >= 0.3 is 0 Å². The summed E-state index contributed by atoms with van der Waals surface area (Å²) in [4.78, 5) is 25.4. The van der Waals surface area contributed by atoms with Crippen molar-refractivity contribution in [3.05, 3.63) is 0 Å². The van der Waals surface area contributed by atoms with Crippen molar-refractivity contribution < 1.29 is 9.59 Å². The zero-order valence-corrected chi connectivity index (χ0v) is 12.9. The Balaban J connectivity index is 0.00000324. The van der Waals surface area contributed by atoms with Crippen molar-refractivity contribution in [3.8, 4) is 0 Å². The molecule has 1 rings (SSSR count). The van der Waals surface area contributed by atoms with E-state index in [2.05, 4.69) is 5.32 Å². The SMILES string of the molecule is CC(C)(C)CC(=O)NCC(=O)N1CCCC1CN.Cl. The molecule has 0 aromatic carbocycles. The molecule has 1 saturated heterocycles. The number of nitrogens with zero attached hydrogens (tertiary/aromatic N) is 1. The first-order valence-electron chi connectivity index (χ1n) is 6.60. The molecule has 0 aromatic rings. The van der Waals surface area contributed by atoms with E-state index in [1.807, 2.05) is 20.8 Å². The molecule has 3 N–H and O–H groups in total. The predicted molar refractivity (Wildman–Crippen MR) is 78.1 cm³/mol. The molecule has 0 aromatic heterocycles. The molecule has 1 unspecified atom stereocenters. The van der Waals surface area contributed by atoms with Gasteiger partial charge in [-0.15, -0.1) is 12.4 Å². The number of nitrogens with one attached hydrogen (secondary N) is 1. The van der Waals surface area contributed by atoms with E-state index in [-0.39, 0.29) is 42.2 Å². The lowest BCUT2D eigenvalue weighted by molar-refractivity contribution is -0.133. The lowest BCUT2D eigenvalue weighted by Crippen LogP contribution is -2.45. The molecule has 1 atom stereocenters. The zero-order chi connectivity index (χ0) is 13.8. The summed E-state index contributed by atoms with van der Waals surface area (Å²) in [5.74, 6) is -0.0930. The topological polar surface area (TPSA) is 75.4 Å². The maximum absolute atomic E-state index is 11.9. The maximum atomic E-state index is 11.9. The highest BCUT2D eigenvalue weighted by molar-refractivity contribution is 5.85. The molecule has 1 fully saturated rings. The fraction of sp³-hybridized carbons (Fsp3) is 0.846. The Hall–Kier alpha value is -0.810. The average molecular weight is 292 g/mol. The molecule has 0 spiro atoms. The largest absolute Gasteiger partial charge is 0.347 e. The van der Waals surface area contributed by atoms with Gasteiger partial charge in [0.15, 0.2) is 0 Å². The van der Waals surface area contributed by atoms with Gasteiger partial charge < -0.3 is 16.0 Å². The normalized spacial score (nSPS) is 18.9. The van der Waals surface area contributed by atoms with Crippen LogP contribution in [0.1, 0.15) is 40.0 Å². The molecular weight excluding hydrogens is 266 g/mol. The Morgan fingerprint density at radius 2 is 2.00 bits per heavy atom. The third-order valence-corrected chi connectivity index (χ3v) is 3.10. The van der Waals surface area contributed by atoms with Gasteiger partial charge in [-0.25, -0.2) is 0 Å². The van der Waals surface area contributed by atoms with E-state index in [4.69, 9.17) is 5.73 Å². The van der Waals surface area contributed by atoms with Crippen molar-refractivity contribution in [3.63, 3.8) is 0 Å². The molecule has 1 aliphatic rings. The second-order valence-electron chi connectivity index (χ2n) is 6.13. The number of likely N-dealkylation sites (tertiary alicyclic amines) is 1. The van der Waals surface area contributed by atoms with Gasteiger partial charge in [-0.1, -0.05) is 20.8 Å². The van der Waals surface area contributed by atoms with Crippen LogP contribution >= 0.6 is 12.4 Å². The Morgan fingerprint density at radius 1 is 1.37 bits per heavy atom. The van der Waals surface area contributed by atoms with Crippen LogP contribution in [-0.4, -0.2) is 42.4 Å². The van der Waals surface area contributed by atoms with Crippen LogP contribution in [0.5, 0.6) is 0 Å². The van der Waals surface area contributed by atoms with Gasteiger partial charge in [0.1, 0.15) is 0 Å². The minimum Gasteiger partial charge on any atom is -0.347 e. The second kappa shape index (κ2) is 7.70. The molecule has 0 saturated carbocycles. The fourth-order valence-corrected chi connectivity index (χ4v) is 2.23. The van der Waals surface area contributed by atoms with Crippen LogP contribution in [0.3, 0.4) is 0 Å². The first-order valence-corrected chi connectivity index (χ1v) is 6.60. The molecule has 5 nitrogen and oxygen atoms in total. The van der Waals surface area contributed by atoms with Crippen LogP contribution in [0, 0.1) is 5.41 Å². The summed E-state index contributed by atoms with van der Waals surface area (Å²) >= 11 is 0. The Bertz CT molecular complexity index is 316. The number of carbonyl (C=O) groups is 2. The third kappa shape index (κ3) is 6.25. The Morgan fingerprint density at radius 3 is 2.53 bits per heavy atom. The fourth-order valence-electron chi connectivity index (χ4n) is 2.23. The predicted octanol–water partition coefficient (Wildman–Crippen LogP) is 0.910. The summed E-state index contributed by atoms with van der Waals surface area (Å²) in [5.41, 5.74) is 5.56. The van der Waals surface area contributed by atoms with Crippen LogP contribution in [0.15, 0.2) is 0 Å². The van der Waals surface area contributed by atoms with Crippen LogP contribution in [0.4, 0.5) is 0 Å². The standard InChI is InChI=1S/C13H25N3O2.ClH/c1-13(2,3)7-11(17)15-9-12(18)16-6-4-5-10(16)8-14;/h10H,4-9,14H2,1-3H3,(H,15,17);1H. The molecule has 112 valence electrons. The van der Waals surface area contributed by atoms with Crippen LogP contribution in [0.2, 0.25) is 0 Å². The molecule has 1 aliphatic heterocycles. The summed E-state index contributed by atoms with van der Waals surface area (Å²) in [6, 6.07) is 0.150. The molecule has 0 aliphatic carbocycles. The highest BCUT2D eigenvalue weighted by Gasteiger charge is 2.27. The van der Waals surface area contributed by atoms with Crippen LogP contribution in [-0.2, 0) is 9.59 Å². The summed E-state index contributed by atoms with van der Waals surface area (Å²) in [5, 5.41) is 2.69. The highest BCUT2D eigenvalue weighted by Crippen LogP contribution is 2.18. The van der Waals surface area contributed by atoms with Crippen LogP contribution < -0.4 is 11.1 Å². The van der Waals surface area contributed by atoms with E-state index in [0.29, 0.717) is 13.0 Å². The van der Waals surface area contributed by atoms with Crippen molar-refractivity contribution in [1.82, 2.24) is 10.2 Å². The number of rotatable bonds is 4. The van der Waals surface area contributed by atoms with Crippen LogP contribution in [0.25, 0.3) is 0 Å². The van der Waals surface area contributed by atoms with Crippen molar-refractivity contribution >= 4 is 24.2 Å². The van der Waals surface area contributed by atoms with Gasteiger partial charge in [-0.05, 0) is 18.3 Å². The summed E-state index contributed by atoms with van der Waals surface area (Å²) < 4.78 is 0. The van der Waals surface area contributed by atoms with Crippen molar-refractivity contribution in [2.45, 2.75) is 46.1 Å². The second-order valence-corrected chi connectivity index (χ2v) is 6.13. The van der Waals surface area contributed by atoms with Crippen molar-refractivity contribution in [2.75, 3.05) is 19.6 Å². The molecule has 0 radical (unpaired) electrons. The molecular formula is C13H26ClN3O2. The Labute approximate surface area is 121 Å². The van der Waals surface area contributed by atoms with Crippen molar-refractivity contribution in [2.24, 2.45) is 11.1 Å². The zero-order valence-electron chi connectivity index (χ0n) is 12.1. The number of nitrogens with two attached hydrogens (primary N) is 1. The smallest absolute Gasteiger partial charge is 0.242 e. The van der Waals surface area contributed by atoms with Gasteiger partial charge in [-0.2, -0.15) is 0 Å².